The number of thioether (sulfide) groups is 1. The standard InChI is InChI=1S/C18H23ClN6O2S/c1-23-7-9-25(10-8-23)17(27)12-28-18-22-21-15(24(18)2)11-16(26)20-14-5-3-13(19)4-6-14/h3-6H,7-12H2,1-2H3,(H,20,26). The third-order valence-corrected chi connectivity index (χ3v) is 5.81. The number of likely N-dealkylation sites (N-methyl/N-ethyl adjacent to an activating group) is 1. The molecular formula is C18H23ClN6O2S. The summed E-state index contributed by atoms with van der Waals surface area (Å²) in [6.45, 7) is 3.30. The van der Waals surface area contributed by atoms with Crippen LogP contribution in [0.4, 0.5) is 5.69 Å². The van der Waals surface area contributed by atoms with E-state index in [2.05, 4.69) is 27.5 Å². The van der Waals surface area contributed by atoms with Crippen LogP contribution in [-0.4, -0.2) is 75.4 Å². The summed E-state index contributed by atoms with van der Waals surface area (Å²) < 4.78 is 1.75. The molecule has 2 heterocycles. The molecule has 0 spiro atoms. The zero-order chi connectivity index (χ0) is 20.1. The molecule has 0 saturated carbocycles. The van der Waals surface area contributed by atoms with E-state index in [1.54, 1.807) is 35.9 Å². The molecule has 10 heteroatoms. The molecular weight excluding hydrogens is 400 g/mol. The number of carbonyl (C=O) groups is 2. The smallest absolute Gasteiger partial charge is 0.233 e. The van der Waals surface area contributed by atoms with Crippen LogP contribution >= 0.6 is 23.4 Å². The zero-order valence-corrected chi connectivity index (χ0v) is 17.5. The van der Waals surface area contributed by atoms with Crippen LogP contribution in [0, 0.1) is 0 Å². The second-order valence-corrected chi connectivity index (χ2v) is 8.04. The largest absolute Gasteiger partial charge is 0.339 e. The first kappa shape index (κ1) is 20.6. The highest BCUT2D eigenvalue weighted by molar-refractivity contribution is 7.99. The Kier molecular flexibility index (Phi) is 6.93. The Morgan fingerprint density at radius 3 is 2.46 bits per heavy atom. The summed E-state index contributed by atoms with van der Waals surface area (Å²) in [5, 5.41) is 12.2. The quantitative estimate of drug-likeness (QED) is 0.710. The van der Waals surface area contributed by atoms with Gasteiger partial charge in [-0.05, 0) is 31.3 Å². The van der Waals surface area contributed by atoms with Gasteiger partial charge in [0.25, 0.3) is 0 Å². The average Bonchev–Trinajstić information content (AvgIpc) is 3.02. The minimum Gasteiger partial charge on any atom is -0.339 e. The number of hydrogen-bond donors (Lipinski definition) is 1. The lowest BCUT2D eigenvalue weighted by molar-refractivity contribution is -0.129. The van der Waals surface area contributed by atoms with Crippen LogP contribution < -0.4 is 5.32 Å². The Balaban J connectivity index is 1.51. The van der Waals surface area contributed by atoms with E-state index in [9.17, 15) is 9.59 Å². The van der Waals surface area contributed by atoms with E-state index < -0.39 is 0 Å². The molecule has 1 aromatic carbocycles. The van der Waals surface area contributed by atoms with Crippen LogP contribution in [-0.2, 0) is 23.1 Å². The first-order valence-corrected chi connectivity index (χ1v) is 10.3. The molecule has 2 aromatic rings. The van der Waals surface area contributed by atoms with E-state index in [0.29, 0.717) is 27.4 Å². The van der Waals surface area contributed by atoms with Gasteiger partial charge in [0.05, 0.1) is 12.2 Å². The molecule has 1 fully saturated rings. The molecule has 0 aliphatic carbocycles. The summed E-state index contributed by atoms with van der Waals surface area (Å²) in [5.74, 6) is 0.763. The minimum atomic E-state index is -0.192. The predicted octanol–water partition coefficient (Wildman–Crippen LogP) is 1.52. The SMILES string of the molecule is CN1CCN(C(=O)CSc2nnc(CC(=O)Nc3ccc(Cl)cc3)n2C)CC1. The number of anilines is 1. The van der Waals surface area contributed by atoms with Gasteiger partial charge in [-0.15, -0.1) is 10.2 Å². The Hall–Kier alpha value is -2.10. The van der Waals surface area contributed by atoms with Gasteiger partial charge in [0.15, 0.2) is 5.16 Å². The van der Waals surface area contributed by atoms with Gasteiger partial charge in [-0.2, -0.15) is 0 Å². The number of hydrogen-bond acceptors (Lipinski definition) is 6. The molecule has 1 aliphatic heterocycles. The van der Waals surface area contributed by atoms with Gasteiger partial charge >= 0.3 is 0 Å². The molecule has 28 heavy (non-hydrogen) atoms. The summed E-state index contributed by atoms with van der Waals surface area (Å²) in [6.07, 6.45) is 0.0963. The lowest BCUT2D eigenvalue weighted by Crippen LogP contribution is -2.47. The van der Waals surface area contributed by atoms with Crippen molar-refractivity contribution in [2.75, 3.05) is 44.3 Å². The number of amides is 2. The Bertz CT molecular complexity index is 833. The van der Waals surface area contributed by atoms with Gasteiger partial charge in [0.2, 0.25) is 11.8 Å². The van der Waals surface area contributed by atoms with E-state index in [4.69, 9.17) is 11.6 Å². The molecule has 0 unspecified atom stereocenters. The number of benzene rings is 1. The van der Waals surface area contributed by atoms with Crippen molar-refractivity contribution in [3.05, 3.63) is 35.1 Å². The van der Waals surface area contributed by atoms with Crippen LogP contribution in [0.3, 0.4) is 0 Å². The van der Waals surface area contributed by atoms with Gasteiger partial charge in [-0.3, -0.25) is 9.59 Å². The minimum absolute atomic E-state index is 0.0963. The van der Waals surface area contributed by atoms with Crippen molar-refractivity contribution in [3.63, 3.8) is 0 Å². The van der Waals surface area contributed by atoms with Crippen molar-refractivity contribution >= 4 is 40.9 Å². The highest BCUT2D eigenvalue weighted by Crippen LogP contribution is 2.18. The molecule has 1 saturated heterocycles. The molecule has 150 valence electrons. The van der Waals surface area contributed by atoms with Crippen molar-refractivity contribution in [1.82, 2.24) is 24.6 Å². The summed E-state index contributed by atoms with van der Waals surface area (Å²) in [4.78, 5) is 28.7. The van der Waals surface area contributed by atoms with Crippen molar-refractivity contribution < 1.29 is 9.59 Å². The highest BCUT2D eigenvalue weighted by Gasteiger charge is 2.20. The fourth-order valence-electron chi connectivity index (χ4n) is 2.78. The van der Waals surface area contributed by atoms with Gasteiger partial charge < -0.3 is 19.7 Å². The first-order chi connectivity index (χ1) is 13.4. The van der Waals surface area contributed by atoms with E-state index in [1.807, 2.05) is 4.90 Å². The van der Waals surface area contributed by atoms with Crippen LogP contribution in [0.2, 0.25) is 5.02 Å². The molecule has 8 nitrogen and oxygen atoms in total. The summed E-state index contributed by atoms with van der Waals surface area (Å²) in [6, 6.07) is 6.90. The number of piperazine rings is 1. The average molecular weight is 423 g/mol. The third kappa shape index (κ3) is 5.46. The van der Waals surface area contributed by atoms with Crippen molar-refractivity contribution in [2.24, 2.45) is 7.05 Å². The van der Waals surface area contributed by atoms with Gasteiger partial charge in [0, 0.05) is 43.9 Å². The zero-order valence-electron chi connectivity index (χ0n) is 15.9. The summed E-state index contributed by atoms with van der Waals surface area (Å²) in [5.41, 5.74) is 0.670. The van der Waals surface area contributed by atoms with E-state index in [0.717, 1.165) is 26.2 Å². The molecule has 3 rings (SSSR count). The Labute approximate surface area is 173 Å². The van der Waals surface area contributed by atoms with Gasteiger partial charge in [-0.25, -0.2) is 0 Å². The highest BCUT2D eigenvalue weighted by atomic mass is 35.5. The first-order valence-electron chi connectivity index (χ1n) is 8.95. The normalized spacial score (nSPS) is 14.9. The molecule has 0 radical (unpaired) electrons. The number of halogens is 1. The van der Waals surface area contributed by atoms with Crippen molar-refractivity contribution in [3.8, 4) is 0 Å². The van der Waals surface area contributed by atoms with Gasteiger partial charge in [-0.1, -0.05) is 23.4 Å². The van der Waals surface area contributed by atoms with Crippen molar-refractivity contribution in [1.29, 1.82) is 0 Å². The fourth-order valence-corrected chi connectivity index (χ4v) is 3.74. The molecule has 0 bridgehead atoms. The predicted molar refractivity (Wildman–Crippen MR) is 110 cm³/mol. The Morgan fingerprint density at radius 2 is 1.79 bits per heavy atom. The Morgan fingerprint density at radius 1 is 1.11 bits per heavy atom. The lowest BCUT2D eigenvalue weighted by atomic mass is 10.3. The number of aromatic nitrogens is 3. The molecule has 0 atom stereocenters. The molecule has 1 aliphatic rings. The molecule has 2 amide bonds. The van der Waals surface area contributed by atoms with Crippen molar-refractivity contribution in [2.45, 2.75) is 11.6 Å². The number of nitrogens with one attached hydrogen (secondary N) is 1. The molecule has 1 aromatic heterocycles. The van der Waals surface area contributed by atoms with Crippen LogP contribution in [0.1, 0.15) is 5.82 Å². The van der Waals surface area contributed by atoms with Gasteiger partial charge in [0.1, 0.15) is 5.82 Å². The van der Waals surface area contributed by atoms with E-state index in [-0.39, 0.29) is 18.2 Å². The monoisotopic (exact) mass is 422 g/mol. The topological polar surface area (TPSA) is 83.4 Å². The second kappa shape index (κ2) is 9.40. The molecule has 1 N–H and O–H groups in total. The number of carbonyl (C=O) groups excluding carboxylic acids is 2. The summed E-state index contributed by atoms with van der Waals surface area (Å²) in [7, 11) is 3.86. The second-order valence-electron chi connectivity index (χ2n) is 6.66. The summed E-state index contributed by atoms with van der Waals surface area (Å²) >= 11 is 7.18. The van der Waals surface area contributed by atoms with Crippen LogP contribution in [0.15, 0.2) is 29.4 Å². The van der Waals surface area contributed by atoms with Crippen LogP contribution in [0.5, 0.6) is 0 Å². The third-order valence-electron chi connectivity index (χ3n) is 4.55. The fraction of sp³-hybridized carbons (Fsp3) is 0.444. The van der Waals surface area contributed by atoms with E-state index >= 15 is 0 Å². The van der Waals surface area contributed by atoms with E-state index in [1.165, 1.54) is 11.8 Å². The van der Waals surface area contributed by atoms with Crippen LogP contribution in [0.25, 0.3) is 0 Å². The number of rotatable bonds is 6. The lowest BCUT2D eigenvalue weighted by Gasteiger charge is -2.32. The maximum atomic E-state index is 12.4. The number of nitrogens with zero attached hydrogens (tertiary/aromatic N) is 5. The maximum absolute atomic E-state index is 12.4. The maximum Gasteiger partial charge on any atom is 0.233 e.